The van der Waals surface area contributed by atoms with Crippen LogP contribution in [0.15, 0.2) is 28.7 Å². The van der Waals surface area contributed by atoms with Gasteiger partial charge in [-0.05, 0) is 31.3 Å². The highest BCUT2D eigenvalue weighted by Gasteiger charge is 2.07. The van der Waals surface area contributed by atoms with Crippen LogP contribution in [0.5, 0.6) is 0 Å². The molecule has 0 amide bonds. The van der Waals surface area contributed by atoms with Gasteiger partial charge in [0, 0.05) is 5.56 Å². The van der Waals surface area contributed by atoms with Gasteiger partial charge in [0.15, 0.2) is 5.11 Å². The third-order valence-electron chi connectivity index (χ3n) is 1.95. The van der Waals surface area contributed by atoms with Crippen molar-refractivity contribution in [2.45, 2.75) is 6.92 Å². The Labute approximate surface area is 97.7 Å². The van der Waals surface area contributed by atoms with Gasteiger partial charge < -0.3 is 10.2 Å². The number of hydrogen-bond donors (Lipinski definition) is 2. The molecule has 16 heavy (non-hydrogen) atoms. The summed E-state index contributed by atoms with van der Waals surface area (Å²) in [7, 11) is 0. The van der Waals surface area contributed by atoms with Gasteiger partial charge >= 0.3 is 6.01 Å². The Morgan fingerprint density at radius 2 is 2.00 bits per heavy atom. The average Bonchev–Trinajstić information content (AvgIpc) is 2.66. The van der Waals surface area contributed by atoms with Crippen molar-refractivity contribution in [3.05, 3.63) is 29.8 Å². The van der Waals surface area contributed by atoms with E-state index in [4.69, 9.17) is 10.2 Å². The summed E-state index contributed by atoms with van der Waals surface area (Å²) in [5.41, 5.74) is 7.31. The van der Waals surface area contributed by atoms with E-state index in [0.29, 0.717) is 5.89 Å². The summed E-state index contributed by atoms with van der Waals surface area (Å²) in [5.74, 6) is 0.429. The summed E-state index contributed by atoms with van der Waals surface area (Å²) >= 11 is 4.66. The summed E-state index contributed by atoms with van der Waals surface area (Å²) in [5, 5.41) is 10.3. The van der Waals surface area contributed by atoms with E-state index >= 15 is 0 Å². The number of aromatic nitrogens is 2. The second-order valence-electron chi connectivity index (χ2n) is 3.27. The Balaban J connectivity index is 2.24. The molecule has 0 saturated carbocycles. The van der Waals surface area contributed by atoms with Crippen LogP contribution in [0.2, 0.25) is 0 Å². The minimum atomic E-state index is 0.0964. The van der Waals surface area contributed by atoms with Crippen molar-refractivity contribution in [1.29, 1.82) is 0 Å². The molecule has 0 aliphatic carbocycles. The first-order valence-corrected chi connectivity index (χ1v) is 5.03. The van der Waals surface area contributed by atoms with E-state index in [-0.39, 0.29) is 11.1 Å². The van der Waals surface area contributed by atoms with Gasteiger partial charge in [-0.2, -0.15) is 0 Å². The van der Waals surface area contributed by atoms with Gasteiger partial charge in [0.05, 0.1) is 0 Å². The van der Waals surface area contributed by atoms with Crippen molar-refractivity contribution < 1.29 is 4.42 Å². The van der Waals surface area contributed by atoms with Crippen LogP contribution in [0, 0.1) is 6.92 Å². The molecule has 0 atom stereocenters. The molecular formula is C10H10N4OS. The standard InChI is InChI=1S/C10H10N4OS/c1-6-2-4-7(5-3-6)8-13-14-10(15-8)12-9(11)16/h2-5H,1H3,(H3,11,12,14,16). The molecule has 82 valence electrons. The van der Waals surface area contributed by atoms with E-state index in [1.807, 2.05) is 31.2 Å². The summed E-state index contributed by atoms with van der Waals surface area (Å²) in [6.45, 7) is 2.01. The number of rotatable bonds is 2. The predicted molar refractivity (Wildman–Crippen MR) is 64.9 cm³/mol. The number of benzene rings is 1. The van der Waals surface area contributed by atoms with Crippen molar-refractivity contribution in [3.8, 4) is 11.5 Å². The van der Waals surface area contributed by atoms with Crippen LogP contribution in [-0.2, 0) is 0 Å². The molecule has 1 aromatic heterocycles. The molecule has 3 N–H and O–H groups in total. The first-order valence-electron chi connectivity index (χ1n) is 4.62. The number of nitrogens with one attached hydrogen (secondary N) is 1. The Bertz CT molecular complexity index is 506. The van der Waals surface area contributed by atoms with Crippen molar-refractivity contribution in [1.82, 2.24) is 10.2 Å². The molecule has 1 aromatic carbocycles. The maximum absolute atomic E-state index is 5.32. The zero-order chi connectivity index (χ0) is 11.5. The van der Waals surface area contributed by atoms with Gasteiger partial charge in [0.25, 0.3) is 0 Å². The summed E-state index contributed by atoms with van der Waals surface area (Å²) < 4.78 is 5.32. The average molecular weight is 234 g/mol. The molecule has 0 spiro atoms. The fourth-order valence-corrected chi connectivity index (χ4v) is 1.28. The Morgan fingerprint density at radius 3 is 2.62 bits per heavy atom. The summed E-state index contributed by atoms with van der Waals surface area (Å²) in [6.07, 6.45) is 0. The Hall–Kier alpha value is -1.95. The van der Waals surface area contributed by atoms with E-state index < -0.39 is 0 Å². The minimum Gasteiger partial charge on any atom is -0.403 e. The molecule has 2 rings (SSSR count). The SMILES string of the molecule is Cc1ccc(-c2nnc(NC(N)=S)o2)cc1. The van der Waals surface area contributed by atoms with Crippen LogP contribution in [0.4, 0.5) is 6.01 Å². The molecule has 5 nitrogen and oxygen atoms in total. The molecule has 0 radical (unpaired) electrons. The predicted octanol–water partition coefficient (Wildman–Crippen LogP) is 1.70. The number of thiocarbonyl (C=S) groups is 1. The van der Waals surface area contributed by atoms with Crippen LogP contribution in [0.3, 0.4) is 0 Å². The third-order valence-corrected chi connectivity index (χ3v) is 2.06. The highest BCUT2D eigenvalue weighted by molar-refractivity contribution is 7.80. The highest BCUT2D eigenvalue weighted by atomic mass is 32.1. The molecule has 0 aliphatic heterocycles. The van der Waals surface area contributed by atoms with Gasteiger partial charge in [-0.3, -0.25) is 5.32 Å². The van der Waals surface area contributed by atoms with Gasteiger partial charge in [0.1, 0.15) is 0 Å². The van der Waals surface area contributed by atoms with Crippen LogP contribution < -0.4 is 11.1 Å². The lowest BCUT2D eigenvalue weighted by molar-refractivity contribution is 0.589. The highest BCUT2D eigenvalue weighted by Crippen LogP contribution is 2.19. The second-order valence-corrected chi connectivity index (χ2v) is 3.71. The molecule has 6 heteroatoms. The third kappa shape index (κ3) is 2.34. The van der Waals surface area contributed by atoms with Crippen LogP contribution >= 0.6 is 12.2 Å². The maximum Gasteiger partial charge on any atom is 0.322 e. The number of anilines is 1. The topological polar surface area (TPSA) is 77.0 Å². The summed E-state index contributed by atoms with van der Waals surface area (Å²) in [4.78, 5) is 0. The van der Waals surface area contributed by atoms with Gasteiger partial charge in [0.2, 0.25) is 5.89 Å². The number of aryl methyl sites for hydroxylation is 1. The molecule has 0 saturated heterocycles. The fourth-order valence-electron chi connectivity index (χ4n) is 1.19. The molecule has 0 unspecified atom stereocenters. The van der Waals surface area contributed by atoms with Crippen molar-refractivity contribution in [3.63, 3.8) is 0 Å². The molecule has 2 aromatic rings. The monoisotopic (exact) mass is 234 g/mol. The smallest absolute Gasteiger partial charge is 0.322 e. The van der Waals surface area contributed by atoms with Crippen LogP contribution in [0.1, 0.15) is 5.56 Å². The normalized spacial score (nSPS) is 10.1. The Morgan fingerprint density at radius 1 is 1.31 bits per heavy atom. The number of nitrogens with zero attached hydrogens (tertiary/aromatic N) is 2. The molecule has 0 aliphatic rings. The molecule has 0 fully saturated rings. The van der Waals surface area contributed by atoms with E-state index in [1.54, 1.807) is 0 Å². The lowest BCUT2D eigenvalue weighted by Gasteiger charge is -1.96. The second kappa shape index (κ2) is 4.28. The molecule has 0 bridgehead atoms. The fraction of sp³-hybridized carbons (Fsp3) is 0.100. The zero-order valence-electron chi connectivity index (χ0n) is 8.60. The molecule has 1 heterocycles. The lowest BCUT2D eigenvalue weighted by Crippen LogP contribution is -2.18. The largest absolute Gasteiger partial charge is 0.403 e. The number of nitrogens with two attached hydrogens (primary N) is 1. The van der Waals surface area contributed by atoms with E-state index in [2.05, 4.69) is 27.7 Å². The quantitative estimate of drug-likeness (QED) is 0.770. The number of hydrogen-bond acceptors (Lipinski definition) is 4. The van der Waals surface area contributed by atoms with Crippen molar-refractivity contribution in [2.24, 2.45) is 5.73 Å². The van der Waals surface area contributed by atoms with Gasteiger partial charge in [-0.25, -0.2) is 0 Å². The van der Waals surface area contributed by atoms with E-state index in [1.165, 1.54) is 5.56 Å². The minimum absolute atomic E-state index is 0.0964. The molecular weight excluding hydrogens is 224 g/mol. The lowest BCUT2D eigenvalue weighted by atomic mass is 10.1. The van der Waals surface area contributed by atoms with Crippen molar-refractivity contribution in [2.75, 3.05) is 5.32 Å². The van der Waals surface area contributed by atoms with Crippen LogP contribution in [-0.4, -0.2) is 15.3 Å². The zero-order valence-corrected chi connectivity index (χ0v) is 9.41. The first-order chi connectivity index (χ1) is 7.65. The van der Waals surface area contributed by atoms with E-state index in [9.17, 15) is 0 Å². The van der Waals surface area contributed by atoms with Gasteiger partial charge in [-0.15, -0.1) is 5.10 Å². The first kappa shape index (κ1) is 10.6. The van der Waals surface area contributed by atoms with Crippen molar-refractivity contribution >= 4 is 23.3 Å². The maximum atomic E-state index is 5.32. The van der Waals surface area contributed by atoms with Gasteiger partial charge in [-0.1, -0.05) is 22.8 Å². The van der Waals surface area contributed by atoms with Crippen LogP contribution in [0.25, 0.3) is 11.5 Å². The summed E-state index contributed by atoms with van der Waals surface area (Å²) in [6, 6.07) is 7.96. The van der Waals surface area contributed by atoms with E-state index in [0.717, 1.165) is 5.56 Å². The Kier molecular flexibility index (Phi) is 2.82.